The maximum Gasteiger partial charge on any atom is 0.222 e. The highest BCUT2D eigenvalue weighted by Crippen LogP contribution is 2.12. The maximum atomic E-state index is 11.7. The van der Waals surface area contributed by atoms with E-state index in [0.29, 0.717) is 13.0 Å². The predicted octanol–water partition coefficient (Wildman–Crippen LogP) is 1.31. The zero-order valence-corrected chi connectivity index (χ0v) is 11.0. The average Bonchev–Trinajstić information content (AvgIpc) is 2.86. The molecule has 0 aliphatic carbocycles. The first-order chi connectivity index (χ1) is 9.24. The van der Waals surface area contributed by atoms with Gasteiger partial charge in [0.2, 0.25) is 5.91 Å². The van der Waals surface area contributed by atoms with Gasteiger partial charge in [-0.25, -0.2) is 4.98 Å². The van der Waals surface area contributed by atoms with Gasteiger partial charge in [-0.3, -0.25) is 4.79 Å². The van der Waals surface area contributed by atoms with Crippen LogP contribution in [0.2, 0.25) is 0 Å². The quantitative estimate of drug-likeness (QED) is 0.824. The van der Waals surface area contributed by atoms with E-state index in [4.69, 9.17) is 5.11 Å². The van der Waals surface area contributed by atoms with E-state index >= 15 is 0 Å². The second kappa shape index (κ2) is 6.33. The highest BCUT2D eigenvalue weighted by molar-refractivity contribution is 5.77. The largest absolute Gasteiger partial charge is 0.394 e. The van der Waals surface area contributed by atoms with Crippen LogP contribution in [0.15, 0.2) is 30.6 Å². The monoisotopic (exact) mass is 261 g/mol. The van der Waals surface area contributed by atoms with E-state index in [2.05, 4.69) is 10.3 Å². The van der Waals surface area contributed by atoms with Gasteiger partial charge in [0.05, 0.1) is 30.0 Å². The van der Waals surface area contributed by atoms with Crippen LogP contribution in [-0.4, -0.2) is 33.2 Å². The third-order valence-electron chi connectivity index (χ3n) is 3.19. The zero-order chi connectivity index (χ0) is 13.7. The number of imidazole rings is 1. The van der Waals surface area contributed by atoms with Crippen LogP contribution in [0.3, 0.4) is 0 Å². The summed E-state index contributed by atoms with van der Waals surface area (Å²) in [4.78, 5) is 16.0. The van der Waals surface area contributed by atoms with E-state index in [-0.39, 0.29) is 18.6 Å². The van der Waals surface area contributed by atoms with Crippen molar-refractivity contribution in [2.45, 2.75) is 32.4 Å². The molecular weight excluding hydrogens is 242 g/mol. The standard InChI is InChI=1S/C14H19N3O2/c1-2-11(9-18)16-14(19)7-8-17-10-15-12-5-3-4-6-13(12)17/h3-6,10-11,18H,2,7-9H2,1H3,(H,16,19). The molecule has 0 spiro atoms. The summed E-state index contributed by atoms with van der Waals surface area (Å²) >= 11 is 0. The van der Waals surface area contributed by atoms with Crippen LogP contribution >= 0.6 is 0 Å². The molecule has 1 heterocycles. The van der Waals surface area contributed by atoms with Gasteiger partial charge in [0.25, 0.3) is 0 Å². The number of aliphatic hydroxyl groups excluding tert-OH is 1. The fourth-order valence-electron chi connectivity index (χ4n) is 1.99. The number of hydrogen-bond acceptors (Lipinski definition) is 3. The molecule has 5 nitrogen and oxygen atoms in total. The van der Waals surface area contributed by atoms with Crippen LogP contribution in [0.25, 0.3) is 11.0 Å². The lowest BCUT2D eigenvalue weighted by molar-refractivity contribution is -0.122. The molecule has 0 bridgehead atoms. The predicted molar refractivity (Wildman–Crippen MR) is 73.7 cm³/mol. The van der Waals surface area contributed by atoms with Crippen LogP contribution in [0.4, 0.5) is 0 Å². The minimum atomic E-state index is -0.146. The lowest BCUT2D eigenvalue weighted by atomic mass is 10.2. The molecule has 2 aromatic rings. The molecule has 1 amide bonds. The molecule has 0 saturated heterocycles. The summed E-state index contributed by atoms with van der Waals surface area (Å²) < 4.78 is 1.97. The Morgan fingerprint density at radius 2 is 2.26 bits per heavy atom. The molecule has 2 rings (SSSR count). The molecule has 1 aromatic heterocycles. The summed E-state index contributed by atoms with van der Waals surface area (Å²) in [5.41, 5.74) is 1.97. The van der Waals surface area contributed by atoms with Gasteiger partial charge in [0, 0.05) is 13.0 Å². The van der Waals surface area contributed by atoms with E-state index in [1.165, 1.54) is 0 Å². The number of fused-ring (bicyclic) bond motifs is 1. The van der Waals surface area contributed by atoms with Crippen LogP contribution in [0, 0.1) is 0 Å². The van der Waals surface area contributed by atoms with Gasteiger partial charge in [-0.05, 0) is 18.6 Å². The zero-order valence-electron chi connectivity index (χ0n) is 11.0. The molecule has 1 atom stereocenters. The number of para-hydroxylation sites is 2. The highest BCUT2D eigenvalue weighted by atomic mass is 16.3. The number of aromatic nitrogens is 2. The summed E-state index contributed by atoms with van der Waals surface area (Å²) in [6.07, 6.45) is 2.87. The molecular formula is C14H19N3O2. The topological polar surface area (TPSA) is 67.2 Å². The highest BCUT2D eigenvalue weighted by Gasteiger charge is 2.09. The third kappa shape index (κ3) is 3.32. The molecule has 5 heteroatoms. The Morgan fingerprint density at radius 3 is 3.00 bits per heavy atom. The average molecular weight is 261 g/mol. The number of nitrogens with one attached hydrogen (secondary N) is 1. The van der Waals surface area contributed by atoms with E-state index in [0.717, 1.165) is 17.5 Å². The first-order valence-electron chi connectivity index (χ1n) is 6.54. The molecule has 0 radical (unpaired) electrons. The molecule has 0 aliphatic rings. The fraction of sp³-hybridized carbons (Fsp3) is 0.429. The van der Waals surface area contributed by atoms with E-state index in [1.807, 2.05) is 35.8 Å². The first-order valence-corrected chi connectivity index (χ1v) is 6.54. The molecule has 1 unspecified atom stereocenters. The van der Waals surface area contributed by atoms with Crippen LogP contribution in [0.1, 0.15) is 19.8 Å². The SMILES string of the molecule is CCC(CO)NC(=O)CCn1cnc2ccccc21. The van der Waals surface area contributed by atoms with E-state index in [9.17, 15) is 4.79 Å². The minimum Gasteiger partial charge on any atom is -0.394 e. The van der Waals surface area contributed by atoms with Gasteiger partial charge in [0.15, 0.2) is 0 Å². The lowest BCUT2D eigenvalue weighted by Crippen LogP contribution is -2.37. The molecule has 0 fully saturated rings. The summed E-state index contributed by atoms with van der Waals surface area (Å²) in [5, 5.41) is 11.8. The van der Waals surface area contributed by atoms with Crippen molar-refractivity contribution in [3.05, 3.63) is 30.6 Å². The number of carbonyl (C=O) groups excluding carboxylic acids is 1. The van der Waals surface area contributed by atoms with Crippen molar-refractivity contribution >= 4 is 16.9 Å². The van der Waals surface area contributed by atoms with Gasteiger partial charge in [0.1, 0.15) is 0 Å². The van der Waals surface area contributed by atoms with Crippen molar-refractivity contribution in [1.82, 2.24) is 14.9 Å². The van der Waals surface area contributed by atoms with Crippen molar-refractivity contribution < 1.29 is 9.90 Å². The van der Waals surface area contributed by atoms with Crippen LogP contribution < -0.4 is 5.32 Å². The first kappa shape index (κ1) is 13.5. The number of nitrogens with zero attached hydrogens (tertiary/aromatic N) is 2. The van der Waals surface area contributed by atoms with Crippen molar-refractivity contribution in [2.75, 3.05) is 6.61 Å². The Kier molecular flexibility index (Phi) is 4.52. The van der Waals surface area contributed by atoms with Gasteiger partial charge in [-0.1, -0.05) is 19.1 Å². The van der Waals surface area contributed by atoms with E-state index < -0.39 is 0 Å². The second-order valence-electron chi connectivity index (χ2n) is 4.53. The molecule has 1 aromatic carbocycles. The molecule has 0 saturated carbocycles. The fourth-order valence-corrected chi connectivity index (χ4v) is 1.99. The Bertz CT molecular complexity index is 546. The van der Waals surface area contributed by atoms with Gasteiger partial charge < -0.3 is 15.0 Å². The van der Waals surface area contributed by atoms with Crippen LogP contribution in [0.5, 0.6) is 0 Å². The number of amides is 1. The molecule has 0 aliphatic heterocycles. The number of carbonyl (C=O) groups is 1. The second-order valence-corrected chi connectivity index (χ2v) is 4.53. The van der Waals surface area contributed by atoms with Gasteiger partial charge in [-0.2, -0.15) is 0 Å². The molecule has 2 N–H and O–H groups in total. The number of hydrogen-bond donors (Lipinski definition) is 2. The smallest absolute Gasteiger partial charge is 0.222 e. The van der Waals surface area contributed by atoms with Gasteiger partial charge >= 0.3 is 0 Å². The Hall–Kier alpha value is -1.88. The number of benzene rings is 1. The van der Waals surface area contributed by atoms with Crippen LogP contribution in [-0.2, 0) is 11.3 Å². The summed E-state index contributed by atoms with van der Waals surface area (Å²) in [6, 6.07) is 7.69. The molecule has 102 valence electrons. The minimum absolute atomic E-state index is 0.0176. The Morgan fingerprint density at radius 1 is 1.47 bits per heavy atom. The normalized spacial score (nSPS) is 12.5. The number of aryl methyl sites for hydroxylation is 1. The summed E-state index contributed by atoms with van der Waals surface area (Å²) in [7, 11) is 0. The lowest BCUT2D eigenvalue weighted by Gasteiger charge is -2.14. The third-order valence-corrected chi connectivity index (χ3v) is 3.19. The summed E-state index contributed by atoms with van der Waals surface area (Å²) in [6.45, 7) is 2.51. The van der Waals surface area contributed by atoms with Crippen molar-refractivity contribution in [3.63, 3.8) is 0 Å². The Labute approximate surface area is 112 Å². The molecule has 19 heavy (non-hydrogen) atoms. The summed E-state index contributed by atoms with van der Waals surface area (Å²) in [5.74, 6) is -0.0429. The van der Waals surface area contributed by atoms with Crippen molar-refractivity contribution in [1.29, 1.82) is 0 Å². The van der Waals surface area contributed by atoms with E-state index in [1.54, 1.807) is 6.33 Å². The number of aliphatic hydroxyl groups is 1. The maximum absolute atomic E-state index is 11.7. The number of rotatable bonds is 6. The Balaban J connectivity index is 1.93. The van der Waals surface area contributed by atoms with Gasteiger partial charge in [-0.15, -0.1) is 0 Å². The van der Waals surface area contributed by atoms with Crippen molar-refractivity contribution in [3.8, 4) is 0 Å². The van der Waals surface area contributed by atoms with Crippen molar-refractivity contribution in [2.24, 2.45) is 0 Å².